The maximum atomic E-state index is 9.62. The summed E-state index contributed by atoms with van der Waals surface area (Å²) in [7, 11) is 0. The number of hydrogen-bond donors (Lipinski definition) is 3. The van der Waals surface area contributed by atoms with Crippen LogP contribution in [-0.4, -0.2) is 15.0 Å². The van der Waals surface area contributed by atoms with Gasteiger partial charge in [0.25, 0.3) is 0 Å². The van der Waals surface area contributed by atoms with E-state index in [0.29, 0.717) is 21.9 Å². The van der Waals surface area contributed by atoms with E-state index in [4.69, 9.17) is 18.0 Å². The number of allylic oxidation sites excluding steroid dienone is 1. The van der Waals surface area contributed by atoms with E-state index in [0.717, 1.165) is 11.1 Å². The Kier molecular flexibility index (Phi) is 4.60. The summed E-state index contributed by atoms with van der Waals surface area (Å²) in [4.78, 5) is 8.39. The first kappa shape index (κ1) is 16.2. The van der Waals surface area contributed by atoms with Crippen LogP contribution >= 0.6 is 24.8 Å². The third kappa shape index (κ3) is 2.89. The molecule has 0 saturated heterocycles. The van der Waals surface area contributed by atoms with E-state index in [-0.39, 0.29) is 4.99 Å². The van der Waals surface area contributed by atoms with Crippen LogP contribution in [-0.2, 0) is 0 Å². The average molecular weight is 351 g/mol. The zero-order valence-electron chi connectivity index (χ0n) is 12.5. The average Bonchev–Trinajstić information content (AvgIpc) is 2.62. The summed E-state index contributed by atoms with van der Waals surface area (Å²) in [5.41, 5.74) is 9.55. The van der Waals surface area contributed by atoms with Gasteiger partial charge < -0.3 is 11.1 Å². The summed E-state index contributed by atoms with van der Waals surface area (Å²) in [6, 6.07) is 9.62. The minimum Gasteiger partial charge on any atom is -0.390 e. The number of nitrogens with two attached hydrogens (primary N) is 1. The largest absolute Gasteiger partial charge is 0.390 e. The molecule has 3 heterocycles. The highest BCUT2D eigenvalue weighted by Crippen LogP contribution is 2.40. The smallest absolute Gasteiger partial charge is 0.103 e. The molecule has 2 aromatic heterocycles. The van der Waals surface area contributed by atoms with Crippen molar-refractivity contribution < 1.29 is 0 Å². The maximum absolute atomic E-state index is 9.62. The molecule has 2 aromatic rings. The van der Waals surface area contributed by atoms with Crippen LogP contribution in [0.5, 0.6) is 0 Å². The SMILES string of the molecule is N#CC1=C(S)NC(c2cccnc2)=C(C(N)=S)[C@@H]1c1ccncc1. The van der Waals surface area contributed by atoms with Crippen LogP contribution in [0.3, 0.4) is 0 Å². The lowest BCUT2D eigenvalue weighted by Crippen LogP contribution is -2.29. The lowest BCUT2D eigenvalue weighted by Gasteiger charge is -2.30. The van der Waals surface area contributed by atoms with Gasteiger partial charge in [0.2, 0.25) is 0 Å². The number of dihydropyridines is 1. The van der Waals surface area contributed by atoms with Gasteiger partial charge in [-0.25, -0.2) is 0 Å². The summed E-state index contributed by atoms with van der Waals surface area (Å²) in [6.45, 7) is 0. The minimum absolute atomic E-state index is 0.219. The van der Waals surface area contributed by atoms with Crippen LogP contribution in [0.2, 0.25) is 0 Å². The molecular formula is C17H13N5S2. The van der Waals surface area contributed by atoms with Gasteiger partial charge in [0.05, 0.1) is 28.3 Å². The Hall–Kier alpha value is -2.69. The van der Waals surface area contributed by atoms with Gasteiger partial charge in [-0.05, 0) is 29.8 Å². The Morgan fingerprint density at radius 1 is 1.25 bits per heavy atom. The fraction of sp³-hybridized carbons (Fsp3) is 0.0588. The molecule has 0 aromatic carbocycles. The number of pyridine rings is 2. The van der Waals surface area contributed by atoms with Crippen molar-refractivity contribution in [3.8, 4) is 6.07 Å². The molecule has 0 amide bonds. The number of nitrogens with zero attached hydrogens (tertiary/aromatic N) is 3. The summed E-state index contributed by atoms with van der Waals surface area (Å²) in [5, 5.41) is 13.2. The van der Waals surface area contributed by atoms with Crippen molar-refractivity contribution in [2.75, 3.05) is 0 Å². The number of aromatic nitrogens is 2. The number of thiocarbonyl (C=S) groups is 1. The van der Waals surface area contributed by atoms with Crippen molar-refractivity contribution in [1.29, 1.82) is 5.26 Å². The third-order valence-electron chi connectivity index (χ3n) is 3.72. The fourth-order valence-electron chi connectivity index (χ4n) is 2.69. The number of nitriles is 1. The topological polar surface area (TPSA) is 87.6 Å². The van der Waals surface area contributed by atoms with Crippen molar-refractivity contribution in [1.82, 2.24) is 15.3 Å². The van der Waals surface area contributed by atoms with E-state index in [2.05, 4.69) is 34.0 Å². The Bertz CT molecular complexity index is 882. The van der Waals surface area contributed by atoms with Crippen molar-refractivity contribution in [3.63, 3.8) is 0 Å². The molecule has 0 spiro atoms. The van der Waals surface area contributed by atoms with Crippen molar-refractivity contribution >= 4 is 35.5 Å². The van der Waals surface area contributed by atoms with E-state index < -0.39 is 5.92 Å². The van der Waals surface area contributed by atoms with Gasteiger partial charge in [-0.2, -0.15) is 5.26 Å². The number of nitrogens with one attached hydrogen (secondary N) is 1. The van der Waals surface area contributed by atoms with Crippen LogP contribution in [0.15, 0.2) is 65.2 Å². The van der Waals surface area contributed by atoms with E-state index in [1.54, 1.807) is 24.8 Å². The minimum atomic E-state index is -0.403. The highest BCUT2D eigenvalue weighted by molar-refractivity contribution is 7.84. The quantitative estimate of drug-likeness (QED) is 0.582. The molecular weight excluding hydrogens is 338 g/mol. The normalized spacial score (nSPS) is 17.2. The summed E-state index contributed by atoms with van der Waals surface area (Å²) in [5.74, 6) is -0.403. The summed E-state index contributed by atoms with van der Waals surface area (Å²) in [6.07, 6.45) is 6.74. The molecule has 1 atom stereocenters. The Labute approximate surface area is 150 Å². The molecule has 7 heteroatoms. The zero-order chi connectivity index (χ0) is 17.1. The standard InChI is InChI=1S/C17H13N5S2/c18-8-12-13(10-3-6-20-7-4-10)14(16(19)23)15(22-17(12)24)11-2-1-5-21-9-11/h1-7,9,13,22,24H,(H2,19,23)/t13-/m1/s1. The van der Waals surface area contributed by atoms with Gasteiger partial charge in [-0.3, -0.25) is 9.97 Å². The van der Waals surface area contributed by atoms with Gasteiger partial charge >= 0.3 is 0 Å². The summed E-state index contributed by atoms with van der Waals surface area (Å²) < 4.78 is 0. The molecule has 24 heavy (non-hydrogen) atoms. The molecule has 1 aliphatic heterocycles. The molecule has 5 nitrogen and oxygen atoms in total. The lowest BCUT2D eigenvalue weighted by molar-refractivity contribution is 0.921. The second-order valence-electron chi connectivity index (χ2n) is 5.11. The van der Waals surface area contributed by atoms with Gasteiger partial charge in [0, 0.05) is 35.9 Å². The Morgan fingerprint density at radius 2 is 2.00 bits per heavy atom. The van der Waals surface area contributed by atoms with Gasteiger partial charge in [0.1, 0.15) is 4.99 Å². The first-order valence-electron chi connectivity index (χ1n) is 7.08. The number of rotatable bonds is 3. The van der Waals surface area contributed by atoms with Gasteiger partial charge in [-0.15, -0.1) is 12.6 Å². The van der Waals surface area contributed by atoms with E-state index in [1.807, 2.05) is 24.3 Å². The number of hydrogen-bond acceptors (Lipinski definition) is 6. The van der Waals surface area contributed by atoms with Crippen LogP contribution in [0.25, 0.3) is 5.70 Å². The molecule has 0 unspecified atom stereocenters. The third-order valence-corrected chi connectivity index (χ3v) is 4.29. The molecule has 0 aliphatic carbocycles. The van der Waals surface area contributed by atoms with E-state index >= 15 is 0 Å². The Balaban J connectivity index is 2.27. The molecule has 1 aliphatic rings. The molecule has 118 valence electrons. The van der Waals surface area contributed by atoms with Crippen LogP contribution in [0.4, 0.5) is 0 Å². The van der Waals surface area contributed by atoms with E-state index in [9.17, 15) is 5.26 Å². The second-order valence-corrected chi connectivity index (χ2v) is 5.99. The first-order valence-corrected chi connectivity index (χ1v) is 7.93. The predicted octanol–water partition coefficient (Wildman–Crippen LogP) is 2.53. The molecule has 3 N–H and O–H groups in total. The van der Waals surface area contributed by atoms with E-state index in [1.165, 1.54) is 0 Å². The highest BCUT2D eigenvalue weighted by atomic mass is 32.1. The first-order chi connectivity index (χ1) is 11.6. The monoisotopic (exact) mass is 351 g/mol. The lowest BCUT2D eigenvalue weighted by atomic mass is 9.81. The molecule has 3 rings (SSSR count). The highest BCUT2D eigenvalue weighted by Gasteiger charge is 2.32. The van der Waals surface area contributed by atoms with Crippen molar-refractivity contribution in [3.05, 3.63) is 76.4 Å². The van der Waals surface area contributed by atoms with Crippen LogP contribution < -0.4 is 11.1 Å². The second kappa shape index (κ2) is 6.83. The fourth-order valence-corrected chi connectivity index (χ4v) is 3.20. The van der Waals surface area contributed by atoms with Gasteiger partial charge in [-0.1, -0.05) is 12.2 Å². The zero-order valence-corrected chi connectivity index (χ0v) is 14.2. The number of thiol groups is 1. The molecule has 0 bridgehead atoms. The van der Waals surface area contributed by atoms with Crippen molar-refractivity contribution in [2.24, 2.45) is 5.73 Å². The van der Waals surface area contributed by atoms with Gasteiger partial charge in [0.15, 0.2) is 0 Å². The molecule has 0 fully saturated rings. The maximum Gasteiger partial charge on any atom is 0.103 e. The van der Waals surface area contributed by atoms with Crippen molar-refractivity contribution in [2.45, 2.75) is 5.92 Å². The molecule has 0 saturated carbocycles. The van der Waals surface area contributed by atoms with Crippen LogP contribution in [0.1, 0.15) is 17.0 Å². The Morgan fingerprint density at radius 3 is 2.58 bits per heavy atom. The van der Waals surface area contributed by atoms with Crippen LogP contribution in [0, 0.1) is 11.3 Å². The summed E-state index contributed by atoms with van der Waals surface area (Å²) >= 11 is 9.75. The molecule has 0 radical (unpaired) electrons. The predicted molar refractivity (Wildman–Crippen MR) is 99.7 cm³/mol.